The number of amides is 1. The molecule has 0 bridgehead atoms. The molecule has 1 N–H and O–H groups in total. The van der Waals surface area contributed by atoms with Crippen molar-refractivity contribution in [2.24, 2.45) is 5.92 Å². The van der Waals surface area contributed by atoms with Crippen molar-refractivity contribution in [2.75, 3.05) is 13.2 Å². The average molecular weight is 274 g/mol. The second-order valence-corrected chi connectivity index (χ2v) is 5.30. The van der Waals surface area contributed by atoms with Crippen LogP contribution in [0, 0.1) is 17.8 Å². The Kier molecular flexibility index (Phi) is 6.20. The van der Waals surface area contributed by atoms with Crippen molar-refractivity contribution in [1.29, 1.82) is 0 Å². The van der Waals surface area contributed by atoms with Gasteiger partial charge in [0.25, 0.3) is 5.91 Å². The average Bonchev–Trinajstić information content (AvgIpc) is 2.41. The highest BCUT2D eigenvalue weighted by atomic mass is 16.2. The fraction of sp³-hybridized carbons (Fsp3) is 0.500. The van der Waals surface area contributed by atoms with E-state index in [9.17, 15) is 4.79 Å². The third-order valence-electron chi connectivity index (χ3n) is 2.76. The summed E-state index contributed by atoms with van der Waals surface area (Å²) in [6.45, 7) is 8.58. The summed E-state index contributed by atoms with van der Waals surface area (Å²) in [7, 11) is 0. The number of rotatable bonds is 4. The zero-order valence-corrected chi connectivity index (χ0v) is 12.6. The topological polar surface area (TPSA) is 53.4 Å². The van der Waals surface area contributed by atoms with E-state index in [2.05, 4.69) is 30.7 Å². The van der Waals surface area contributed by atoms with E-state index in [0.29, 0.717) is 23.7 Å². The molecular weight excluding hydrogens is 252 g/mol. The monoisotopic (exact) mass is 274 g/mol. The molecule has 0 saturated carbocycles. The van der Waals surface area contributed by atoms with Gasteiger partial charge < -0.3 is 10.0 Å². The molecule has 20 heavy (non-hydrogen) atoms. The number of nitrogens with zero attached hydrogens (tertiary/aromatic N) is 2. The Morgan fingerprint density at radius 3 is 2.65 bits per heavy atom. The molecule has 0 unspecified atom stereocenters. The third-order valence-corrected chi connectivity index (χ3v) is 2.76. The van der Waals surface area contributed by atoms with Crippen LogP contribution in [-0.2, 0) is 0 Å². The molecule has 1 aromatic heterocycles. The number of hydrogen-bond acceptors (Lipinski definition) is 3. The molecule has 0 aromatic carbocycles. The molecule has 0 atom stereocenters. The Morgan fingerprint density at radius 1 is 1.40 bits per heavy atom. The highest BCUT2D eigenvalue weighted by Crippen LogP contribution is 2.12. The molecule has 0 radical (unpaired) electrons. The number of aliphatic hydroxyl groups is 1. The van der Waals surface area contributed by atoms with Crippen molar-refractivity contribution >= 4 is 5.91 Å². The highest BCUT2D eigenvalue weighted by Gasteiger charge is 2.22. The van der Waals surface area contributed by atoms with Crippen LogP contribution in [0.5, 0.6) is 0 Å². The summed E-state index contributed by atoms with van der Waals surface area (Å²) in [6.07, 6.45) is 1.59. The Balaban J connectivity index is 3.11. The smallest absolute Gasteiger partial charge is 0.273 e. The van der Waals surface area contributed by atoms with Crippen LogP contribution in [0.15, 0.2) is 18.3 Å². The number of hydrogen-bond donors (Lipinski definition) is 1. The molecule has 1 rings (SSSR count). The van der Waals surface area contributed by atoms with Gasteiger partial charge in [-0.1, -0.05) is 25.7 Å². The van der Waals surface area contributed by atoms with Crippen LogP contribution in [0.3, 0.4) is 0 Å². The minimum Gasteiger partial charge on any atom is -0.384 e. The van der Waals surface area contributed by atoms with Gasteiger partial charge in [0.1, 0.15) is 12.3 Å². The maximum atomic E-state index is 12.6. The summed E-state index contributed by atoms with van der Waals surface area (Å²) in [6, 6.07) is 3.59. The van der Waals surface area contributed by atoms with Crippen LogP contribution in [0.1, 0.15) is 43.7 Å². The zero-order chi connectivity index (χ0) is 15.1. The second kappa shape index (κ2) is 7.66. The van der Waals surface area contributed by atoms with Crippen LogP contribution in [-0.4, -0.2) is 40.1 Å². The van der Waals surface area contributed by atoms with Gasteiger partial charge >= 0.3 is 0 Å². The van der Waals surface area contributed by atoms with Gasteiger partial charge in [-0.15, -0.1) is 0 Å². The van der Waals surface area contributed by atoms with E-state index in [1.54, 1.807) is 23.2 Å². The molecular formula is C16H22N2O2. The van der Waals surface area contributed by atoms with Gasteiger partial charge in [0.05, 0.1) is 5.56 Å². The fourth-order valence-electron chi connectivity index (χ4n) is 1.87. The van der Waals surface area contributed by atoms with Crippen LogP contribution in [0.4, 0.5) is 0 Å². The molecule has 1 heterocycles. The molecule has 0 spiro atoms. The van der Waals surface area contributed by atoms with Gasteiger partial charge in [0.2, 0.25) is 0 Å². The maximum absolute atomic E-state index is 12.6. The molecule has 0 fully saturated rings. The molecule has 0 aliphatic heterocycles. The molecule has 0 aliphatic carbocycles. The molecule has 0 aliphatic rings. The van der Waals surface area contributed by atoms with Crippen molar-refractivity contribution in [3.63, 3.8) is 0 Å². The van der Waals surface area contributed by atoms with Crippen molar-refractivity contribution in [1.82, 2.24) is 9.88 Å². The first kappa shape index (κ1) is 16.2. The molecule has 108 valence electrons. The Hall–Kier alpha value is -1.86. The lowest BCUT2D eigenvalue weighted by Gasteiger charge is -2.28. The van der Waals surface area contributed by atoms with Gasteiger partial charge in [-0.3, -0.25) is 4.79 Å². The van der Waals surface area contributed by atoms with Crippen molar-refractivity contribution in [3.8, 4) is 11.8 Å². The van der Waals surface area contributed by atoms with Crippen LogP contribution >= 0.6 is 0 Å². The Morgan fingerprint density at radius 2 is 2.10 bits per heavy atom. The number of aromatic nitrogens is 1. The predicted octanol–water partition coefficient (Wildman–Crippen LogP) is 1.93. The standard InChI is InChI=1S/C16H22N2O2/c1-12(2)11-18(13(3)4)16(20)15-14(8-6-10-19)7-5-9-17-15/h5,7,9,12-13,19H,10-11H2,1-4H3. The van der Waals surface area contributed by atoms with Crippen LogP contribution in [0.2, 0.25) is 0 Å². The normalized spacial score (nSPS) is 10.3. The molecule has 1 aromatic rings. The summed E-state index contributed by atoms with van der Waals surface area (Å²) < 4.78 is 0. The summed E-state index contributed by atoms with van der Waals surface area (Å²) in [5, 5.41) is 8.78. The quantitative estimate of drug-likeness (QED) is 0.854. The number of carbonyl (C=O) groups excluding carboxylic acids is 1. The highest BCUT2D eigenvalue weighted by molar-refractivity contribution is 5.95. The first-order chi connectivity index (χ1) is 9.47. The summed E-state index contributed by atoms with van der Waals surface area (Å²) in [4.78, 5) is 18.6. The molecule has 4 heteroatoms. The van der Waals surface area contributed by atoms with Crippen LogP contribution in [0.25, 0.3) is 0 Å². The van der Waals surface area contributed by atoms with Gasteiger partial charge in [0.15, 0.2) is 0 Å². The molecule has 1 amide bonds. The predicted molar refractivity (Wildman–Crippen MR) is 79.2 cm³/mol. The van der Waals surface area contributed by atoms with Crippen molar-refractivity contribution in [2.45, 2.75) is 33.7 Å². The lowest BCUT2D eigenvalue weighted by atomic mass is 10.1. The van der Waals surface area contributed by atoms with E-state index >= 15 is 0 Å². The van der Waals surface area contributed by atoms with E-state index in [1.807, 2.05) is 13.8 Å². The van der Waals surface area contributed by atoms with Crippen LogP contribution < -0.4 is 0 Å². The van der Waals surface area contributed by atoms with Gasteiger partial charge in [0, 0.05) is 18.8 Å². The number of carbonyl (C=O) groups is 1. The molecule has 0 saturated heterocycles. The zero-order valence-electron chi connectivity index (χ0n) is 12.6. The summed E-state index contributed by atoms with van der Waals surface area (Å²) >= 11 is 0. The van der Waals surface area contributed by atoms with E-state index in [1.165, 1.54) is 0 Å². The minimum atomic E-state index is -0.234. The van der Waals surface area contributed by atoms with Crippen molar-refractivity contribution < 1.29 is 9.90 Å². The minimum absolute atomic E-state index is 0.102. The van der Waals surface area contributed by atoms with Gasteiger partial charge in [-0.25, -0.2) is 4.98 Å². The first-order valence-electron chi connectivity index (χ1n) is 6.83. The fourth-order valence-corrected chi connectivity index (χ4v) is 1.87. The molecule has 4 nitrogen and oxygen atoms in total. The van der Waals surface area contributed by atoms with Crippen molar-refractivity contribution in [3.05, 3.63) is 29.6 Å². The lowest BCUT2D eigenvalue weighted by molar-refractivity contribution is 0.0675. The summed E-state index contributed by atoms with van der Waals surface area (Å²) in [5.74, 6) is 5.62. The Labute approximate surface area is 120 Å². The van der Waals surface area contributed by atoms with Gasteiger partial charge in [-0.2, -0.15) is 0 Å². The Bertz CT molecular complexity index is 513. The first-order valence-corrected chi connectivity index (χ1v) is 6.83. The van der Waals surface area contributed by atoms with E-state index < -0.39 is 0 Å². The lowest BCUT2D eigenvalue weighted by Crippen LogP contribution is -2.40. The number of pyridine rings is 1. The maximum Gasteiger partial charge on any atom is 0.273 e. The SMILES string of the molecule is CC(C)CN(C(=O)c1ncccc1C#CCO)C(C)C. The second-order valence-electron chi connectivity index (χ2n) is 5.30. The van der Waals surface area contributed by atoms with Gasteiger partial charge in [-0.05, 0) is 31.9 Å². The summed E-state index contributed by atoms with van der Waals surface area (Å²) in [5.41, 5.74) is 0.906. The number of aliphatic hydroxyl groups excluding tert-OH is 1. The van der Waals surface area contributed by atoms with E-state index in [0.717, 1.165) is 0 Å². The van der Waals surface area contributed by atoms with E-state index in [4.69, 9.17) is 5.11 Å². The largest absolute Gasteiger partial charge is 0.384 e. The third kappa shape index (κ3) is 4.36. The van der Waals surface area contributed by atoms with E-state index in [-0.39, 0.29) is 18.6 Å².